The minimum Gasteiger partial charge on any atom is -0.455 e. The highest BCUT2D eigenvalue weighted by Gasteiger charge is 2.25. The Morgan fingerprint density at radius 3 is 1.55 bits per heavy atom. The third-order valence-corrected chi connectivity index (χ3v) is 12.8. The Morgan fingerprint density at radius 2 is 0.891 bits per heavy atom. The first-order valence-electron chi connectivity index (χ1n) is 23.3. The van der Waals surface area contributed by atoms with Crippen LogP contribution in [0.25, 0.3) is 127 Å². The van der Waals surface area contributed by atoms with Gasteiger partial charge < -0.3 is 8.98 Å². The maximum Gasteiger partial charge on any atom is 0.237 e. The van der Waals surface area contributed by atoms with Gasteiger partial charge in [-0.1, -0.05) is 158 Å². The molecule has 6 heteroatoms. The largest absolute Gasteiger partial charge is 0.455 e. The molecule has 0 aliphatic heterocycles. The topological polar surface area (TPSA) is 53.7 Å². The van der Waals surface area contributed by atoms with E-state index >= 15 is 0 Å². The summed E-state index contributed by atoms with van der Waals surface area (Å²) >= 11 is 0. The monoisotopic (exact) mass is 821 g/mol. The Hall–Kier alpha value is -8.74. The number of benzene rings is 9. The molecule has 6 nitrogen and oxygen atoms in total. The maximum atomic E-state index is 9.44. The van der Waals surface area contributed by atoms with Crippen molar-refractivity contribution in [2.45, 2.75) is 0 Å². The fourth-order valence-electron chi connectivity index (χ4n) is 10.2. The molecule has 5 aromatic heterocycles. The number of furan rings is 1. The Labute approximate surface area is 371 Å². The van der Waals surface area contributed by atoms with Crippen LogP contribution in [-0.2, 0) is 0 Å². The minimum atomic E-state index is -0.330. The summed E-state index contributed by atoms with van der Waals surface area (Å²) in [6.45, 7) is 0. The molecule has 0 spiro atoms. The molecule has 0 aliphatic carbocycles. The molecular formula is C58H35N5O. The van der Waals surface area contributed by atoms with Crippen LogP contribution in [0.4, 0.5) is 0 Å². The van der Waals surface area contributed by atoms with E-state index in [2.05, 4.69) is 130 Å². The SMILES string of the molecule is [2H]c1c([2H])c([2H])c2c(c1[2H])c1ccccc1n2-c1nc(-c2c(-c3cccc4c3oc3ccccc34)cccc2-n2c3ccccc3c3ccccc32)cc(-n2c3ccccc3c3ccccc32)n1. The highest BCUT2D eigenvalue weighted by molar-refractivity contribution is 6.14. The first kappa shape index (κ1) is 31.2. The summed E-state index contributed by atoms with van der Waals surface area (Å²) in [5.41, 5.74) is 10.6. The van der Waals surface area contributed by atoms with Crippen molar-refractivity contribution >= 4 is 87.4 Å². The highest BCUT2D eigenvalue weighted by Crippen LogP contribution is 2.45. The van der Waals surface area contributed by atoms with Crippen molar-refractivity contribution in [1.82, 2.24) is 23.7 Å². The lowest BCUT2D eigenvalue weighted by atomic mass is 9.94. The number of hydrogen-bond acceptors (Lipinski definition) is 3. The van der Waals surface area contributed by atoms with Crippen LogP contribution in [0.1, 0.15) is 5.48 Å². The lowest BCUT2D eigenvalue weighted by molar-refractivity contribution is 0.670. The third kappa shape index (κ3) is 4.90. The summed E-state index contributed by atoms with van der Waals surface area (Å²) in [7, 11) is 0. The van der Waals surface area contributed by atoms with Crippen LogP contribution in [0.2, 0.25) is 0 Å². The summed E-state index contributed by atoms with van der Waals surface area (Å²) in [5, 5.41) is 7.47. The van der Waals surface area contributed by atoms with Crippen LogP contribution in [0.5, 0.6) is 0 Å². The van der Waals surface area contributed by atoms with E-state index in [0.29, 0.717) is 33.3 Å². The Balaban J connectivity index is 1.19. The third-order valence-electron chi connectivity index (χ3n) is 12.8. The number of para-hydroxylation sites is 8. The summed E-state index contributed by atoms with van der Waals surface area (Å²) in [4.78, 5) is 11.1. The Kier molecular flexibility index (Phi) is 6.51. The zero-order chi connectivity index (χ0) is 45.4. The number of rotatable bonds is 5. The van der Waals surface area contributed by atoms with Gasteiger partial charge in [0.15, 0.2) is 0 Å². The van der Waals surface area contributed by atoms with E-state index < -0.39 is 0 Å². The average molecular weight is 822 g/mol. The van der Waals surface area contributed by atoms with Crippen molar-refractivity contribution in [1.29, 1.82) is 0 Å². The molecule has 0 amide bonds. The summed E-state index contributed by atoms with van der Waals surface area (Å²) in [5.74, 6) is 0.833. The van der Waals surface area contributed by atoms with Crippen LogP contribution in [0, 0.1) is 0 Å². The van der Waals surface area contributed by atoms with Gasteiger partial charge in [-0.25, -0.2) is 4.98 Å². The van der Waals surface area contributed by atoms with Crippen LogP contribution in [0.3, 0.4) is 0 Å². The van der Waals surface area contributed by atoms with Gasteiger partial charge in [-0.15, -0.1) is 0 Å². The van der Waals surface area contributed by atoms with E-state index in [4.69, 9.17) is 17.1 Å². The second-order valence-corrected chi connectivity index (χ2v) is 16.2. The second-order valence-electron chi connectivity index (χ2n) is 16.2. The van der Waals surface area contributed by atoms with Crippen molar-refractivity contribution in [3.8, 4) is 39.8 Å². The van der Waals surface area contributed by atoms with Crippen LogP contribution >= 0.6 is 0 Å². The highest BCUT2D eigenvalue weighted by atomic mass is 16.3. The normalized spacial score (nSPS) is 12.9. The number of fused-ring (bicyclic) bond motifs is 12. The van der Waals surface area contributed by atoms with Crippen molar-refractivity contribution in [2.75, 3.05) is 0 Å². The molecule has 0 unspecified atom stereocenters. The van der Waals surface area contributed by atoms with Crippen LogP contribution < -0.4 is 0 Å². The average Bonchev–Trinajstić information content (AvgIpc) is 4.14. The van der Waals surface area contributed by atoms with Gasteiger partial charge >= 0.3 is 0 Å². The van der Waals surface area contributed by atoms with Crippen molar-refractivity contribution in [3.05, 3.63) is 212 Å². The Bertz CT molecular complexity index is 4360. The first-order valence-corrected chi connectivity index (χ1v) is 21.3. The van der Waals surface area contributed by atoms with Gasteiger partial charge in [-0.2, -0.15) is 4.98 Å². The molecular weight excluding hydrogens is 783 g/mol. The van der Waals surface area contributed by atoms with E-state index in [1.807, 2.05) is 71.3 Å². The van der Waals surface area contributed by atoms with Crippen molar-refractivity contribution in [3.63, 3.8) is 0 Å². The molecule has 0 saturated heterocycles. The molecule has 14 rings (SSSR count). The van der Waals surface area contributed by atoms with Crippen LogP contribution in [-0.4, -0.2) is 23.7 Å². The van der Waals surface area contributed by atoms with E-state index in [0.717, 1.165) is 87.9 Å². The molecule has 0 aliphatic rings. The number of aromatic nitrogens is 5. The van der Waals surface area contributed by atoms with Gasteiger partial charge in [-0.05, 0) is 54.1 Å². The number of hydrogen-bond donors (Lipinski definition) is 0. The molecule has 0 radical (unpaired) electrons. The van der Waals surface area contributed by atoms with Gasteiger partial charge in [0.2, 0.25) is 5.95 Å². The molecule has 0 fully saturated rings. The van der Waals surface area contributed by atoms with Gasteiger partial charge in [0.05, 0.1) is 50.0 Å². The van der Waals surface area contributed by atoms with Crippen LogP contribution in [0.15, 0.2) is 217 Å². The predicted molar refractivity (Wildman–Crippen MR) is 263 cm³/mol. The summed E-state index contributed by atoms with van der Waals surface area (Å²) in [6.07, 6.45) is 0. The number of nitrogens with zero attached hydrogens (tertiary/aromatic N) is 5. The smallest absolute Gasteiger partial charge is 0.237 e. The minimum absolute atomic E-state index is 0.118. The van der Waals surface area contributed by atoms with E-state index in [9.17, 15) is 2.74 Å². The van der Waals surface area contributed by atoms with Crippen molar-refractivity contribution < 1.29 is 9.90 Å². The standard InChI is InChI=1S/C58H35N5O/c1-8-27-47-36(17-1)37-18-2-9-28-48(37)61(47)53-33-16-24-43(45-26-15-25-44-42-23-7-14-34-54(42)64-57(44)45)56(53)46-35-55(62-49-29-10-3-19-38(49)39-20-4-11-30-50(39)62)60-58(59-46)63-51-31-12-5-21-40(51)41-22-6-13-32-52(41)63/h1-35H/i5D,12D,21D,31D. The second kappa shape index (κ2) is 13.4. The Morgan fingerprint density at radius 1 is 0.391 bits per heavy atom. The molecule has 9 aromatic carbocycles. The quantitative estimate of drug-likeness (QED) is 0.174. The lowest BCUT2D eigenvalue weighted by Gasteiger charge is -2.20. The molecule has 14 aromatic rings. The lowest BCUT2D eigenvalue weighted by Crippen LogP contribution is -2.09. The first-order chi connectivity index (χ1) is 33.4. The summed E-state index contributed by atoms with van der Waals surface area (Å²) < 4.78 is 49.4. The van der Waals surface area contributed by atoms with Gasteiger partial charge in [0.1, 0.15) is 17.0 Å². The van der Waals surface area contributed by atoms with E-state index in [-0.39, 0.29) is 30.1 Å². The molecule has 298 valence electrons. The maximum absolute atomic E-state index is 9.44. The van der Waals surface area contributed by atoms with Gasteiger partial charge in [0, 0.05) is 60.3 Å². The fourth-order valence-corrected chi connectivity index (χ4v) is 10.2. The van der Waals surface area contributed by atoms with Gasteiger partial charge in [-0.3, -0.25) is 9.13 Å². The van der Waals surface area contributed by atoms with Crippen molar-refractivity contribution in [2.24, 2.45) is 0 Å². The molecule has 0 saturated carbocycles. The zero-order valence-corrected chi connectivity index (χ0v) is 34.0. The molecule has 0 N–H and O–H groups in total. The summed E-state index contributed by atoms with van der Waals surface area (Å²) in [6, 6.07) is 63.2. The van der Waals surface area contributed by atoms with Gasteiger partial charge in [0.25, 0.3) is 0 Å². The fraction of sp³-hybridized carbons (Fsp3) is 0. The predicted octanol–water partition coefficient (Wildman–Crippen LogP) is 15.0. The molecule has 5 heterocycles. The zero-order valence-electron chi connectivity index (χ0n) is 38.0. The van der Waals surface area contributed by atoms with E-state index in [1.165, 1.54) is 0 Å². The molecule has 64 heavy (non-hydrogen) atoms. The molecule has 0 atom stereocenters. The molecule has 0 bridgehead atoms. The van der Waals surface area contributed by atoms with E-state index in [1.54, 1.807) is 0 Å².